The summed E-state index contributed by atoms with van der Waals surface area (Å²) in [6.07, 6.45) is 7.34. The van der Waals surface area contributed by atoms with Crippen molar-refractivity contribution in [3.8, 4) is 22.8 Å². The van der Waals surface area contributed by atoms with Gasteiger partial charge in [0.2, 0.25) is 0 Å². The zero-order valence-electron chi connectivity index (χ0n) is 21.9. The Morgan fingerprint density at radius 1 is 0.500 bits per heavy atom. The van der Waals surface area contributed by atoms with Crippen LogP contribution in [0.15, 0.2) is 122 Å². The van der Waals surface area contributed by atoms with E-state index in [9.17, 15) is 17.3 Å². The average Bonchev–Trinajstić information content (AvgIpc) is 3.65. The van der Waals surface area contributed by atoms with E-state index in [2.05, 4.69) is 54.9 Å². The standard InChI is InChI=1S/2C14H12N4.BF4.Cu/c2*1-2-6-12(7-3-1)10-18-11-14(16-17-18)13-8-4-5-9-15-13;2-1(3,4)5;/h2*1-9,11H,10H2;;/q;;-1;+1. The fourth-order valence-electron chi connectivity index (χ4n) is 3.56. The number of benzene rings is 2. The number of hydrogen-bond acceptors (Lipinski definition) is 6. The maximum absolute atomic E-state index is 9.75. The van der Waals surface area contributed by atoms with E-state index in [0.29, 0.717) is 0 Å². The average molecular weight is 623 g/mol. The number of aromatic nitrogens is 8. The summed E-state index contributed by atoms with van der Waals surface area (Å²) in [6.45, 7) is 1.45. The topological polar surface area (TPSA) is 87.2 Å². The molecule has 0 aliphatic rings. The molecule has 0 saturated carbocycles. The summed E-state index contributed by atoms with van der Waals surface area (Å²) in [5.74, 6) is 0. The van der Waals surface area contributed by atoms with Gasteiger partial charge in [-0.1, -0.05) is 83.2 Å². The Morgan fingerprint density at radius 3 is 1.19 bits per heavy atom. The van der Waals surface area contributed by atoms with Crippen LogP contribution < -0.4 is 0 Å². The third-order valence-electron chi connectivity index (χ3n) is 5.31. The molecule has 6 rings (SSSR count). The summed E-state index contributed by atoms with van der Waals surface area (Å²) in [6, 6.07) is 31.9. The van der Waals surface area contributed by atoms with Crippen LogP contribution in [0, 0.1) is 0 Å². The van der Waals surface area contributed by atoms with E-state index in [0.717, 1.165) is 35.9 Å². The van der Waals surface area contributed by atoms with E-state index < -0.39 is 7.25 Å². The largest absolute Gasteiger partial charge is 1.00 e. The van der Waals surface area contributed by atoms with Crippen molar-refractivity contribution in [1.29, 1.82) is 0 Å². The quantitative estimate of drug-likeness (QED) is 0.165. The molecule has 8 nitrogen and oxygen atoms in total. The molecule has 2 aromatic carbocycles. The second kappa shape index (κ2) is 15.9. The van der Waals surface area contributed by atoms with Gasteiger partial charge in [-0.3, -0.25) is 9.97 Å². The molecule has 42 heavy (non-hydrogen) atoms. The van der Waals surface area contributed by atoms with Gasteiger partial charge < -0.3 is 17.3 Å². The molecule has 0 N–H and O–H groups in total. The molecule has 0 radical (unpaired) electrons. The van der Waals surface area contributed by atoms with E-state index in [1.807, 2.05) is 94.6 Å². The van der Waals surface area contributed by atoms with Gasteiger partial charge in [-0.2, -0.15) is 0 Å². The SMILES string of the molecule is F[B-](F)(F)F.[Cu+].c1ccc(Cn2cc(-c3ccccn3)nn2)cc1.c1ccc(Cn2cc(-c3ccccn3)nn2)cc1. The first-order valence-electron chi connectivity index (χ1n) is 12.4. The fraction of sp³-hybridized carbons (Fsp3) is 0.0714. The number of halogens is 4. The first kappa shape index (κ1) is 31.8. The minimum atomic E-state index is -6.00. The molecule has 0 atom stereocenters. The first-order chi connectivity index (χ1) is 19.8. The summed E-state index contributed by atoms with van der Waals surface area (Å²) < 4.78 is 42.6. The van der Waals surface area contributed by atoms with Gasteiger partial charge in [0, 0.05) is 12.4 Å². The summed E-state index contributed by atoms with van der Waals surface area (Å²) in [5.41, 5.74) is 5.69. The first-order valence-corrected chi connectivity index (χ1v) is 12.4. The van der Waals surface area contributed by atoms with Crippen molar-refractivity contribution < 1.29 is 34.3 Å². The van der Waals surface area contributed by atoms with E-state index >= 15 is 0 Å². The number of pyridine rings is 2. The molecule has 0 aliphatic heterocycles. The molecule has 0 fully saturated rings. The summed E-state index contributed by atoms with van der Waals surface area (Å²) in [7, 11) is -6.00. The monoisotopic (exact) mass is 622 g/mol. The zero-order chi connectivity index (χ0) is 28.9. The van der Waals surface area contributed by atoms with Crippen LogP contribution in [0.2, 0.25) is 0 Å². The van der Waals surface area contributed by atoms with E-state index in [4.69, 9.17) is 0 Å². The van der Waals surface area contributed by atoms with E-state index in [1.165, 1.54) is 11.1 Å². The molecule has 218 valence electrons. The van der Waals surface area contributed by atoms with Crippen molar-refractivity contribution in [3.63, 3.8) is 0 Å². The number of nitrogens with zero attached hydrogens (tertiary/aromatic N) is 8. The molecule has 0 bridgehead atoms. The van der Waals surface area contributed by atoms with Gasteiger partial charge in [0.1, 0.15) is 11.4 Å². The van der Waals surface area contributed by atoms with Gasteiger partial charge in [0.25, 0.3) is 0 Å². The Kier molecular flexibility index (Phi) is 12.1. The van der Waals surface area contributed by atoms with Crippen LogP contribution in [-0.4, -0.2) is 47.2 Å². The smallest absolute Gasteiger partial charge is 0.418 e. The molecule has 14 heteroatoms. The Balaban J connectivity index is 0.000000195. The Labute approximate surface area is 250 Å². The maximum atomic E-state index is 9.75. The predicted molar refractivity (Wildman–Crippen MR) is 148 cm³/mol. The van der Waals surface area contributed by atoms with Gasteiger partial charge in [0.15, 0.2) is 0 Å². The Hall–Kier alpha value is -4.68. The molecule has 0 amide bonds. The van der Waals surface area contributed by atoms with Gasteiger partial charge >= 0.3 is 24.3 Å². The van der Waals surface area contributed by atoms with Crippen molar-refractivity contribution in [2.75, 3.05) is 0 Å². The number of rotatable bonds is 6. The molecule has 4 aromatic heterocycles. The molecule has 0 aliphatic carbocycles. The minimum Gasteiger partial charge on any atom is -0.418 e. The predicted octanol–water partition coefficient (Wildman–Crippen LogP) is 6.07. The number of hydrogen-bond donors (Lipinski definition) is 0. The van der Waals surface area contributed by atoms with Crippen LogP contribution in [0.4, 0.5) is 17.3 Å². The third-order valence-corrected chi connectivity index (χ3v) is 5.31. The van der Waals surface area contributed by atoms with E-state index in [-0.39, 0.29) is 17.1 Å². The Bertz CT molecular complexity index is 1470. The Morgan fingerprint density at radius 2 is 0.857 bits per heavy atom. The molecular formula is C28H24BCuF4N8. The molecular weight excluding hydrogens is 599 g/mol. The van der Waals surface area contributed by atoms with E-state index in [1.54, 1.807) is 12.4 Å². The maximum Gasteiger partial charge on any atom is 1.00 e. The minimum absolute atomic E-state index is 0. The normalized spacial score (nSPS) is 10.4. The summed E-state index contributed by atoms with van der Waals surface area (Å²) in [4.78, 5) is 8.51. The molecule has 6 aromatic rings. The van der Waals surface area contributed by atoms with Gasteiger partial charge in [-0.15, -0.1) is 10.2 Å². The molecule has 0 saturated heterocycles. The summed E-state index contributed by atoms with van der Waals surface area (Å²) >= 11 is 0. The van der Waals surface area contributed by atoms with Crippen molar-refractivity contribution in [3.05, 3.63) is 133 Å². The summed E-state index contributed by atoms with van der Waals surface area (Å²) in [5, 5.41) is 16.5. The van der Waals surface area contributed by atoms with Crippen LogP contribution in [-0.2, 0) is 30.2 Å². The van der Waals surface area contributed by atoms with Crippen LogP contribution in [0.3, 0.4) is 0 Å². The third kappa shape index (κ3) is 11.1. The molecule has 0 spiro atoms. The fourth-order valence-corrected chi connectivity index (χ4v) is 3.56. The van der Waals surface area contributed by atoms with Gasteiger partial charge in [-0.25, -0.2) is 9.36 Å². The van der Waals surface area contributed by atoms with Gasteiger partial charge in [-0.05, 0) is 35.4 Å². The molecule has 0 unspecified atom stereocenters. The van der Waals surface area contributed by atoms with Crippen molar-refractivity contribution in [1.82, 2.24) is 40.0 Å². The van der Waals surface area contributed by atoms with Crippen LogP contribution in [0.25, 0.3) is 22.8 Å². The molecule has 4 heterocycles. The van der Waals surface area contributed by atoms with Crippen molar-refractivity contribution in [2.24, 2.45) is 0 Å². The second-order valence-corrected chi connectivity index (χ2v) is 8.50. The van der Waals surface area contributed by atoms with Crippen LogP contribution in [0.1, 0.15) is 11.1 Å². The van der Waals surface area contributed by atoms with Crippen molar-refractivity contribution in [2.45, 2.75) is 13.1 Å². The van der Waals surface area contributed by atoms with Crippen LogP contribution >= 0.6 is 0 Å². The zero-order valence-corrected chi connectivity index (χ0v) is 22.9. The second-order valence-electron chi connectivity index (χ2n) is 8.50. The van der Waals surface area contributed by atoms with Crippen LogP contribution in [0.5, 0.6) is 0 Å². The van der Waals surface area contributed by atoms with Crippen molar-refractivity contribution >= 4 is 7.25 Å². The van der Waals surface area contributed by atoms with Gasteiger partial charge in [0.05, 0.1) is 36.9 Å².